The summed E-state index contributed by atoms with van der Waals surface area (Å²) in [6.45, 7) is 4.43. The van der Waals surface area contributed by atoms with Crippen LogP contribution in [-0.2, 0) is 17.8 Å². The van der Waals surface area contributed by atoms with E-state index in [1.165, 1.54) is 11.1 Å². The van der Waals surface area contributed by atoms with Crippen LogP contribution in [0.25, 0.3) is 11.0 Å². The zero-order chi connectivity index (χ0) is 25.6. The first-order valence-corrected chi connectivity index (χ1v) is 13.2. The number of piperidine rings is 1. The maximum Gasteiger partial charge on any atom is 0.294 e. The van der Waals surface area contributed by atoms with E-state index in [0.717, 1.165) is 48.8 Å². The van der Waals surface area contributed by atoms with Crippen molar-refractivity contribution < 1.29 is 4.79 Å². The molecule has 0 saturated carbocycles. The lowest BCUT2D eigenvalue weighted by molar-refractivity contribution is -0.125. The zero-order valence-electron chi connectivity index (χ0n) is 21.4. The minimum absolute atomic E-state index is 0.0681. The maximum atomic E-state index is 13.7. The van der Waals surface area contributed by atoms with Crippen LogP contribution in [0.5, 0.6) is 0 Å². The summed E-state index contributed by atoms with van der Waals surface area (Å²) in [6.07, 6.45) is 3.53. The van der Waals surface area contributed by atoms with Gasteiger partial charge in [-0.25, -0.2) is 4.98 Å². The second-order valence-electron chi connectivity index (χ2n) is 9.97. The zero-order valence-corrected chi connectivity index (χ0v) is 21.4. The Kier molecular flexibility index (Phi) is 7.64. The largest absolute Gasteiger partial charge is 0.356 e. The third-order valence-electron chi connectivity index (χ3n) is 7.17. The van der Waals surface area contributed by atoms with E-state index < -0.39 is 0 Å². The molecule has 1 N–H and O–H groups in total. The van der Waals surface area contributed by atoms with E-state index in [9.17, 15) is 9.59 Å². The fraction of sp³-hybridized carbons (Fsp3) is 0.323. The molecule has 1 aliphatic heterocycles. The Morgan fingerprint density at radius 1 is 0.973 bits per heavy atom. The number of para-hydroxylation sites is 2. The number of aryl methyl sites for hydroxylation is 2. The van der Waals surface area contributed by atoms with Gasteiger partial charge in [0.2, 0.25) is 5.91 Å². The first-order valence-electron chi connectivity index (χ1n) is 13.2. The number of amides is 1. The van der Waals surface area contributed by atoms with Crippen molar-refractivity contribution >= 4 is 22.8 Å². The summed E-state index contributed by atoms with van der Waals surface area (Å²) in [4.78, 5) is 33.5. The van der Waals surface area contributed by atoms with Gasteiger partial charge in [-0.3, -0.25) is 14.2 Å². The lowest BCUT2D eigenvalue weighted by atomic mass is 9.97. The van der Waals surface area contributed by atoms with Gasteiger partial charge in [0.1, 0.15) is 0 Å². The summed E-state index contributed by atoms with van der Waals surface area (Å²) < 4.78 is 1.82. The lowest BCUT2D eigenvalue weighted by Crippen LogP contribution is -2.45. The molecule has 3 aromatic carbocycles. The number of carbonyl (C=O) groups is 1. The highest BCUT2D eigenvalue weighted by atomic mass is 16.2. The summed E-state index contributed by atoms with van der Waals surface area (Å²) in [5.41, 5.74) is 5.04. The van der Waals surface area contributed by atoms with Crippen LogP contribution in [0.3, 0.4) is 0 Å². The van der Waals surface area contributed by atoms with E-state index in [-0.39, 0.29) is 17.4 Å². The van der Waals surface area contributed by atoms with Crippen molar-refractivity contribution in [3.05, 3.63) is 106 Å². The molecule has 6 heteroatoms. The number of benzene rings is 3. The molecular weight excluding hydrogens is 460 g/mol. The highest BCUT2D eigenvalue weighted by Crippen LogP contribution is 2.22. The molecule has 2 heterocycles. The Morgan fingerprint density at radius 3 is 2.54 bits per heavy atom. The molecule has 1 saturated heterocycles. The Bertz CT molecular complexity index is 1410. The van der Waals surface area contributed by atoms with E-state index in [2.05, 4.69) is 48.6 Å². The number of aromatic nitrogens is 2. The van der Waals surface area contributed by atoms with E-state index in [0.29, 0.717) is 25.5 Å². The molecule has 0 aliphatic carbocycles. The molecule has 0 radical (unpaired) electrons. The number of hydrogen-bond acceptors (Lipinski definition) is 4. The molecule has 5 rings (SSSR count). The molecule has 1 amide bonds. The molecule has 4 aromatic rings. The van der Waals surface area contributed by atoms with E-state index in [1.807, 2.05) is 51.9 Å². The van der Waals surface area contributed by atoms with Gasteiger partial charge in [0, 0.05) is 19.6 Å². The molecule has 0 unspecified atom stereocenters. The number of hydrogen-bond donors (Lipinski definition) is 1. The van der Waals surface area contributed by atoms with Crippen LogP contribution in [0.2, 0.25) is 0 Å². The van der Waals surface area contributed by atoms with Gasteiger partial charge >= 0.3 is 0 Å². The standard InChI is InChI=1S/C31H34N4O2/c1-23-15-17-25(18-16-23)21-35-28-14-6-5-13-27(28)33-29(31(35)37)34-20-8-12-26(22-34)30(36)32-19-7-11-24-9-3-2-4-10-24/h2-6,9-10,13-18,26H,7-8,11-12,19-22H2,1H3,(H,32,36)/t26-/m1/s1. The highest BCUT2D eigenvalue weighted by molar-refractivity contribution is 5.80. The monoisotopic (exact) mass is 494 g/mol. The van der Waals surface area contributed by atoms with E-state index in [4.69, 9.17) is 4.98 Å². The molecule has 1 atom stereocenters. The van der Waals surface area contributed by atoms with Crippen LogP contribution >= 0.6 is 0 Å². The van der Waals surface area contributed by atoms with Crippen molar-refractivity contribution in [3.8, 4) is 0 Å². The number of carbonyl (C=O) groups excluding carboxylic acids is 1. The van der Waals surface area contributed by atoms with Gasteiger partial charge in [-0.15, -0.1) is 0 Å². The van der Waals surface area contributed by atoms with Crippen LogP contribution in [0.1, 0.15) is 36.0 Å². The molecule has 1 aliphatic rings. The predicted octanol–water partition coefficient (Wildman–Crippen LogP) is 4.72. The second-order valence-corrected chi connectivity index (χ2v) is 9.97. The van der Waals surface area contributed by atoms with E-state index >= 15 is 0 Å². The fourth-order valence-corrected chi connectivity index (χ4v) is 5.09. The second kappa shape index (κ2) is 11.4. The number of anilines is 1. The van der Waals surface area contributed by atoms with E-state index in [1.54, 1.807) is 0 Å². The minimum Gasteiger partial charge on any atom is -0.356 e. The summed E-state index contributed by atoms with van der Waals surface area (Å²) in [5.74, 6) is 0.356. The average Bonchev–Trinajstić information content (AvgIpc) is 2.94. The van der Waals surface area contributed by atoms with Crippen LogP contribution in [0.4, 0.5) is 5.82 Å². The van der Waals surface area contributed by atoms with Crippen molar-refractivity contribution in [2.24, 2.45) is 5.92 Å². The number of nitrogens with one attached hydrogen (secondary N) is 1. The van der Waals surface area contributed by atoms with Crippen molar-refractivity contribution in [3.63, 3.8) is 0 Å². The van der Waals surface area contributed by atoms with Crippen molar-refractivity contribution in [1.82, 2.24) is 14.9 Å². The molecular formula is C31H34N4O2. The van der Waals surface area contributed by atoms with Crippen LogP contribution in [0.15, 0.2) is 83.7 Å². The van der Waals surface area contributed by atoms with Crippen molar-refractivity contribution in [2.75, 3.05) is 24.5 Å². The number of fused-ring (bicyclic) bond motifs is 1. The Balaban J connectivity index is 1.31. The Hall–Kier alpha value is -3.93. The third kappa shape index (κ3) is 5.91. The minimum atomic E-state index is -0.149. The van der Waals surface area contributed by atoms with Crippen molar-refractivity contribution in [2.45, 2.75) is 39.2 Å². The topological polar surface area (TPSA) is 67.2 Å². The predicted molar refractivity (Wildman–Crippen MR) is 149 cm³/mol. The van der Waals surface area contributed by atoms with Crippen LogP contribution < -0.4 is 15.8 Å². The smallest absolute Gasteiger partial charge is 0.294 e. The third-order valence-corrected chi connectivity index (χ3v) is 7.17. The van der Waals surface area contributed by atoms with Gasteiger partial charge in [-0.05, 0) is 55.9 Å². The quantitative estimate of drug-likeness (QED) is 0.360. The van der Waals surface area contributed by atoms with Crippen LogP contribution in [0, 0.1) is 12.8 Å². The lowest BCUT2D eigenvalue weighted by Gasteiger charge is -2.32. The van der Waals surface area contributed by atoms with Gasteiger partial charge in [0.25, 0.3) is 5.56 Å². The summed E-state index contributed by atoms with van der Waals surface area (Å²) >= 11 is 0. The van der Waals surface area contributed by atoms with Crippen LogP contribution in [-0.4, -0.2) is 35.1 Å². The summed E-state index contributed by atoms with van der Waals surface area (Å²) in [6, 6.07) is 26.4. The first-order chi connectivity index (χ1) is 18.1. The average molecular weight is 495 g/mol. The maximum absolute atomic E-state index is 13.7. The highest BCUT2D eigenvalue weighted by Gasteiger charge is 2.28. The van der Waals surface area contributed by atoms with Gasteiger partial charge < -0.3 is 10.2 Å². The molecule has 37 heavy (non-hydrogen) atoms. The van der Waals surface area contributed by atoms with Crippen molar-refractivity contribution in [1.29, 1.82) is 0 Å². The Morgan fingerprint density at radius 2 is 1.73 bits per heavy atom. The molecule has 0 bridgehead atoms. The van der Waals surface area contributed by atoms with Gasteiger partial charge in [0.15, 0.2) is 5.82 Å². The summed E-state index contributed by atoms with van der Waals surface area (Å²) in [7, 11) is 0. The number of nitrogens with zero attached hydrogens (tertiary/aromatic N) is 3. The molecule has 6 nitrogen and oxygen atoms in total. The molecule has 0 spiro atoms. The van der Waals surface area contributed by atoms with Gasteiger partial charge in [-0.1, -0.05) is 72.3 Å². The molecule has 1 aromatic heterocycles. The molecule has 1 fully saturated rings. The SMILES string of the molecule is Cc1ccc(Cn2c(=O)c(N3CCC[C@@H](C(=O)NCCCc4ccccc4)C3)nc3ccccc32)cc1. The van der Waals surface area contributed by atoms with Gasteiger partial charge in [0.05, 0.1) is 23.5 Å². The molecule has 190 valence electrons. The number of rotatable bonds is 8. The Labute approximate surface area is 218 Å². The normalized spacial score (nSPS) is 15.6. The van der Waals surface area contributed by atoms with Gasteiger partial charge in [-0.2, -0.15) is 0 Å². The first kappa shape index (κ1) is 24.8. The summed E-state index contributed by atoms with van der Waals surface area (Å²) in [5, 5.41) is 3.12. The fourth-order valence-electron chi connectivity index (χ4n) is 5.09.